The van der Waals surface area contributed by atoms with Gasteiger partial charge in [-0.15, -0.1) is 10.2 Å². The number of pyridine rings is 1. The molecule has 0 aromatic carbocycles. The van der Waals surface area contributed by atoms with Gasteiger partial charge in [0.05, 0.1) is 25.6 Å². The number of amides is 1. The molecule has 34 heavy (non-hydrogen) atoms. The molecule has 184 valence electrons. The highest BCUT2D eigenvalue weighted by molar-refractivity contribution is 9.10. The standard InChI is InChI=1S/C22H32BrN9O2/c1-31-7-5-14(21(33)26-10-15-8-16(23)11-27-22(15)34-3)9-18(31)25-12-19-29-30-20(32(19)2)17-4-6-24-13-28-17/h7-8,11,14,17-18,24-25,28H,4-6,9-10,12-13H2,1-3H3/p+1. The summed E-state index contributed by atoms with van der Waals surface area (Å²) in [4.78, 5) is 17.2. The summed E-state index contributed by atoms with van der Waals surface area (Å²) in [5.41, 5.74) is 0.832. The number of hydrogen-bond donors (Lipinski definition) is 4. The normalized spacial score (nSPS) is 22.8. The Labute approximate surface area is 207 Å². The first-order valence-corrected chi connectivity index (χ1v) is 12.3. The number of aromatic nitrogens is 4. The first-order chi connectivity index (χ1) is 16.5. The van der Waals surface area contributed by atoms with Gasteiger partial charge in [0.1, 0.15) is 24.9 Å². The highest BCUT2D eigenvalue weighted by atomic mass is 79.9. The molecule has 2 aliphatic rings. The van der Waals surface area contributed by atoms with Crippen molar-refractivity contribution in [3.8, 4) is 5.88 Å². The Morgan fingerprint density at radius 1 is 1.38 bits per heavy atom. The van der Waals surface area contributed by atoms with Crippen molar-refractivity contribution in [3.05, 3.63) is 33.9 Å². The van der Waals surface area contributed by atoms with Crippen LogP contribution >= 0.6 is 15.9 Å². The van der Waals surface area contributed by atoms with E-state index in [4.69, 9.17) is 4.74 Å². The summed E-state index contributed by atoms with van der Waals surface area (Å²) in [5.74, 6) is 2.26. The fourth-order valence-electron chi connectivity index (χ4n) is 4.39. The van der Waals surface area contributed by atoms with Crippen LogP contribution in [-0.4, -0.2) is 70.0 Å². The molecule has 11 nitrogen and oxygen atoms in total. The SMILES string of the molecule is COc1ncc(Br)cc1CNC(=O)C1CC=[N+](C)C(NCc2nnc(C3CCNCN3)n2C)C1. The van der Waals surface area contributed by atoms with Crippen LogP contribution in [-0.2, 0) is 24.9 Å². The van der Waals surface area contributed by atoms with Crippen LogP contribution in [0.4, 0.5) is 0 Å². The zero-order valence-electron chi connectivity index (χ0n) is 19.8. The largest absolute Gasteiger partial charge is 0.481 e. The molecule has 2 aromatic heterocycles. The van der Waals surface area contributed by atoms with Crippen molar-refractivity contribution >= 4 is 28.1 Å². The van der Waals surface area contributed by atoms with Gasteiger partial charge < -0.3 is 19.9 Å². The van der Waals surface area contributed by atoms with E-state index in [9.17, 15) is 4.79 Å². The number of ether oxygens (including phenoxy) is 1. The number of carbonyl (C=O) groups is 1. The molecule has 4 rings (SSSR count). The summed E-state index contributed by atoms with van der Waals surface area (Å²) in [6.07, 6.45) is 6.17. The van der Waals surface area contributed by atoms with Gasteiger partial charge in [-0.3, -0.25) is 15.4 Å². The van der Waals surface area contributed by atoms with Crippen LogP contribution in [0.5, 0.6) is 5.88 Å². The average Bonchev–Trinajstić information content (AvgIpc) is 3.22. The van der Waals surface area contributed by atoms with E-state index in [0.29, 0.717) is 31.8 Å². The molecular weight excluding hydrogens is 502 g/mol. The Bertz CT molecular complexity index is 1040. The van der Waals surface area contributed by atoms with Crippen molar-refractivity contribution < 1.29 is 14.1 Å². The van der Waals surface area contributed by atoms with Gasteiger partial charge in [-0.2, -0.15) is 0 Å². The van der Waals surface area contributed by atoms with Crippen molar-refractivity contribution in [2.45, 2.75) is 44.6 Å². The lowest BCUT2D eigenvalue weighted by Gasteiger charge is -2.25. The van der Waals surface area contributed by atoms with E-state index in [2.05, 4.69) is 67.7 Å². The number of hydrogen-bond acceptors (Lipinski definition) is 8. The number of nitrogens with zero attached hydrogens (tertiary/aromatic N) is 5. The van der Waals surface area contributed by atoms with Crippen molar-refractivity contribution in [1.82, 2.24) is 41.0 Å². The van der Waals surface area contributed by atoms with Crippen LogP contribution in [0.15, 0.2) is 16.7 Å². The molecule has 2 aliphatic heterocycles. The van der Waals surface area contributed by atoms with Crippen molar-refractivity contribution in [1.29, 1.82) is 0 Å². The van der Waals surface area contributed by atoms with Crippen molar-refractivity contribution in [2.75, 3.05) is 27.4 Å². The van der Waals surface area contributed by atoms with Gasteiger partial charge in [-0.05, 0) is 35.0 Å². The van der Waals surface area contributed by atoms with Crippen molar-refractivity contribution in [2.24, 2.45) is 13.0 Å². The third-order valence-electron chi connectivity index (χ3n) is 6.48. The summed E-state index contributed by atoms with van der Waals surface area (Å²) >= 11 is 3.42. The highest BCUT2D eigenvalue weighted by Crippen LogP contribution is 2.21. The molecule has 3 atom stereocenters. The zero-order chi connectivity index (χ0) is 24.1. The molecule has 0 saturated carbocycles. The molecule has 3 unspecified atom stereocenters. The molecule has 0 spiro atoms. The van der Waals surface area contributed by atoms with Gasteiger partial charge in [0, 0.05) is 49.3 Å². The van der Waals surface area contributed by atoms with E-state index in [1.807, 2.05) is 20.2 Å². The molecule has 0 bridgehead atoms. The summed E-state index contributed by atoms with van der Waals surface area (Å²) in [6, 6.07) is 2.12. The number of halogens is 1. The van der Waals surface area contributed by atoms with E-state index < -0.39 is 0 Å². The van der Waals surface area contributed by atoms with E-state index in [1.54, 1.807) is 13.3 Å². The number of carbonyl (C=O) groups excluding carboxylic acids is 1. The maximum Gasteiger partial charge on any atom is 0.224 e. The molecule has 1 saturated heterocycles. The van der Waals surface area contributed by atoms with Gasteiger partial charge in [0.2, 0.25) is 18.0 Å². The Morgan fingerprint density at radius 2 is 2.24 bits per heavy atom. The molecule has 1 fully saturated rings. The molecule has 4 N–H and O–H groups in total. The Hall–Kier alpha value is -2.41. The maximum atomic E-state index is 12.9. The lowest BCUT2D eigenvalue weighted by atomic mass is 9.96. The third kappa shape index (κ3) is 5.80. The van der Waals surface area contributed by atoms with Gasteiger partial charge in [0.25, 0.3) is 0 Å². The number of nitrogens with one attached hydrogen (secondary N) is 4. The molecule has 0 radical (unpaired) electrons. The quantitative estimate of drug-likeness (QED) is 0.359. The second kappa shape index (κ2) is 11.3. The van der Waals surface area contributed by atoms with Crippen LogP contribution in [0.1, 0.15) is 42.5 Å². The topological polar surface area (TPSA) is 121 Å². The van der Waals surface area contributed by atoms with Gasteiger partial charge in [0.15, 0.2) is 0 Å². The Morgan fingerprint density at radius 3 is 3.00 bits per heavy atom. The Balaban J connectivity index is 1.32. The predicted molar refractivity (Wildman–Crippen MR) is 130 cm³/mol. The first kappa shape index (κ1) is 24.7. The fourth-order valence-corrected chi connectivity index (χ4v) is 4.77. The van der Waals surface area contributed by atoms with E-state index >= 15 is 0 Å². The van der Waals surface area contributed by atoms with Gasteiger partial charge in [-0.25, -0.2) is 9.56 Å². The van der Waals surface area contributed by atoms with Crippen LogP contribution < -0.4 is 26.0 Å². The summed E-state index contributed by atoms with van der Waals surface area (Å²) in [6.45, 7) is 2.69. The number of methoxy groups -OCH3 is 1. The van der Waals surface area contributed by atoms with Crippen LogP contribution in [0.25, 0.3) is 0 Å². The van der Waals surface area contributed by atoms with E-state index in [1.165, 1.54) is 0 Å². The summed E-state index contributed by atoms with van der Waals surface area (Å²) < 4.78 is 10.3. The first-order valence-electron chi connectivity index (χ1n) is 11.5. The third-order valence-corrected chi connectivity index (χ3v) is 6.91. The molecular formula is C22H33BrN9O2+. The zero-order valence-corrected chi connectivity index (χ0v) is 21.4. The van der Waals surface area contributed by atoms with Gasteiger partial charge in [-0.1, -0.05) is 0 Å². The minimum atomic E-state index is -0.117. The second-order valence-corrected chi connectivity index (χ2v) is 9.62. The number of rotatable bonds is 8. The van der Waals surface area contributed by atoms with Crippen molar-refractivity contribution in [3.63, 3.8) is 0 Å². The Kier molecular flexibility index (Phi) is 8.24. The summed E-state index contributed by atoms with van der Waals surface area (Å²) in [7, 11) is 5.62. The van der Waals surface area contributed by atoms with E-state index in [-0.39, 0.29) is 24.0 Å². The monoisotopic (exact) mass is 534 g/mol. The maximum absolute atomic E-state index is 12.9. The molecule has 0 aliphatic carbocycles. The molecule has 2 aromatic rings. The molecule has 1 amide bonds. The lowest BCUT2D eigenvalue weighted by molar-refractivity contribution is -0.548. The van der Waals surface area contributed by atoms with Crippen LogP contribution in [0.3, 0.4) is 0 Å². The molecule has 12 heteroatoms. The predicted octanol–water partition coefficient (Wildman–Crippen LogP) is 0.418. The average molecular weight is 535 g/mol. The minimum absolute atomic E-state index is 0.0242. The lowest BCUT2D eigenvalue weighted by Crippen LogP contribution is -2.46. The fraction of sp³-hybridized carbons (Fsp3) is 0.591. The second-order valence-electron chi connectivity index (χ2n) is 8.71. The minimum Gasteiger partial charge on any atom is -0.481 e. The van der Waals surface area contributed by atoms with Crippen LogP contribution in [0.2, 0.25) is 0 Å². The molecule has 4 heterocycles. The smallest absolute Gasteiger partial charge is 0.224 e. The highest BCUT2D eigenvalue weighted by Gasteiger charge is 2.32. The summed E-state index contributed by atoms with van der Waals surface area (Å²) in [5, 5.41) is 22.1. The van der Waals surface area contributed by atoms with Crippen LogP contribution in [0, 0.1) is 5.92 Å². The van der Waals surface area contributed by atoms with E-state index in [0.717, 1.165) is 41.3 Å². The van der Waals surface area contributed by atoms with Gasteiger partial charge >= 0.3 is 0 Å².